The van der Waals surface area contributed by atoms with Crippen molar-refractivity contribution < 1.29 is 0 Å². The van der Waals surface area contributed by atoms with Crippen LogP contribution in [-0.2, 0) is 0 Å². The molecule has 0 unspecified atom stereocenters. The normalized spacial score (nSPS) is 13.4. The molecule has 4 N–H and O–H groups in total. The zero-order chi connectivity index (χ0) is 8.53. The average molecular weight is 159 g/mol. The van der Waals surface area contributed by atoms with Gasteiger partial charge < -0.3 is 16.4 Å². The van der Waals surface area contributed by atoms with Crippen molar-refractivity contribution in [1.29, 1.82) is 0 Å². The summed E-state index contributed by atoms with van der Waals surface area (Å²) < 4.78 is 0. The minimum absolute atomic E-state index is 0.634. The zero-order valence-electron chi connectivity index (χ0n) is 7.69. The topological polar surface area (TPSA) is 50.1 Å². The molecule has 1 atom stereocenters. The van der Waals surface area contributed by atoms with Crippen molar-refractivity contribution in [2.24, 2.45) is 5.73 Å². The smallest absolute Gasteiger partial charge is 0.00792 e. The lowest BCUT2D eigenvalue weighted by Gasteiger charge is -2.10. The molecule has 0 saturated carbocycles. The lowest BCUT2D eigenvalue weighted by atomic mass is 10.3. The van der Waals surface area contributed by atoms with Gasteiger partial charge in [-0.15, -0.1) is 0 Å². The summed E-state index contributed by atoms with van der Waals surface area (Å²) in [7, 11) is 0. The number of hydrogen-bond donors (Lipinski definition) is 3. The van der Waals surface area contributed by atoms with Gasteiger partial charge in [-0.3, -0.25) is 0 Å². The van der Waals surface area contributed by atoms with Crippen molar-refractivity contribution in [3.05, 3.63) is 0 Å². The molecule has 0 heterocycles. The summed E-state index contributed by atoms with van der Waals surface area (Å²) in [6, 6.07) is 0.634. The monoisotopic (exact) mass is 159 g/mol. The molecule has 0 aromatic heterocycles. The van der Waals surface area contributed by atoms with Crippen molar-refractivity contribution in [1.82, 2.24) is 10.6 Å². The maximum atomic E-state index is 5.31. The molecule has 0 aromatic carbocycles. The zero-order valence-corrected chi connectivity index (χ0v) is 7.69. The molecule has 0 bridgehead atoms. The van der Waals surface area contributed by atoms with Crippen LogP contribution < -0.4 is 16.4 Å². The van der Waals surface area contributed by atoms with E-state index >= 15 is 0 Å². The molecular weight excluding hydrogens is 138 g/mol. The van der Waals surface area contributed by atoms with Crippen LogP contribution in [0.25, 0.3) is 0 Å². The highest BCUT2D eigenvalue weighted by Gasteiger charge is 1.94. The minimum Gasteiger partial charge on any atom is -0.329 e. The lowest BCUT2D eigenvalue weighted by molar-refractivity contribution is 0.519. The second-order valence-electron chi connectivity index (χ2n) is 2.80. The Balaban J connectivity index is 2.89. The molecule has 11 heavy (non-hydrogen) atoms. The first kappa shape index (κ1) is 10.9. The summed E-state index contributed by atoms with van der Waals surface area (Å²) in [5.74, 6) is 0. The predicted octanol–water partition coefficient (Wildman–Crippen LogP) is -0.0772. The van der Waals surface area contributed by atoms with Crippen LogP contribution in [0.5, 0.6) is 0 Å². The van der Waals surface area contributed by atoms with Crippen LogP contribution in [-0.4, -0.2) is 32.2 Å². The van der Waals surface area contributed by atoms with Crippen LogP contribution in [0.15, 0.2) is 0 Å². The summed E-state index contributed by atoms with van der Waals surface area (Å²) in [4.78, 5) is 0. The Morgan fingerprint density at radius 1 is 1.27 bits per heavy atom. The molecule has 0 aliphatic heterocycles. The quantitative estimate of drug-likeness (QED) is 0.456. The van der Waals surface area contributed by atoms with Gasteiger partial charge >= 0.3 is 0 Å². The Morgan fingerprint density at radius 2 is 2.00 bits per heavy atom. The Labute approximate surface area is 69.7 Å². The van der Waals surface area contributed by atoms with Crippen LogP contribution in [0.2, 0.25) is 0 Å². The molecule has 0 aromatic rings. The third-order valence-corrected chi connectivity index (χ3v) is 1.73. The highest BCUT2D eigenvalue weighted by atomic mass is 15.0. The first-order chi connectivity index (χ1) is 5.31. The fraction of sp³-hybridized carbons (Fsp3) is 1.00. The molecule has 3 nitrogen and oxygen atoms in total. The largest absolute Gasteiger partial charge is 0.329 e. The highest BCUT2D eigenvalue weighted by Crippen LogP contribution is 1.84. The van der Waals surface area contributed by atoms with E-state index in [0.29, 0.717) is 6.04 Å². The van der Waals surface area contributed by atoms with Crippen LogP contribution in [0, 0.1) is 0 Å². The standard InChI is InChI=1S/C8H21N3/c1-3-8(2)11-7-6-10-5-4-9/h8,10-11H,3-7,9H2,1-2H3/t8-/m1/s1. The number of nitrogens with two attached hydrogens (primary N) is 1. The third kappa shape index (κ3) is 7.78. The lowest BCUT2D eigenvalue weighted by Crippen LogP contribution is -2.34. The van der Waals surface area contributed by atoms with Gasteiger partial charge in [-0.05, 0) is 13.3 Å². The van der Waals surface area contributed by atoms with Gasteiger partial charge in [0.2, 0.25) is 0 Å². The molecule has 0 rings (SSSR count). The Hall–Kier alpha value is -0.120. The molecule has 0 spiro atoms. The summed E-state index contributed by atoms with van der Waals surface area (Å²) in [5, 5.41) is 6.61. The molecule has 0 radical (unpaired) electrons. The van der Waals surface area contributed by atoms with E-state index in [1.807, 2.05) is 0 Å². The maximum Gasteiger partial charge on any atom is 0.00792 e. The molecule has 0 aliphatic carbocycles. The van der Waals surface area contributed by atoms with Gasteiger partial charge in [-0.25, -0.2) is 0 Å². The van der Waals surface area contributed by atoms with Gasteiger partial charge in [0.25, 0.3) is 0 Å². The van der Waals surface area contributed by atoms with Gasteiger partial charge in [0, 0.05) is 32.2 Å². The van der Waals surface area contributed by atoms with Gasteiger partial charge in [-0.2, -0.15) is 0 Å². The number of rotatable bonds is 7. The third-order valence-electron chi connectivity index (χ3n) is 1.73. The van der Waals surface area contributed by atoms with Gasteiger partial charge in [-0.1, -0.05) is 6.92 Å². The molecule has 0 saturated heterocycles. The van der Waals surface area contributed by atoms with Gasteiger partial charge in [0.05, 0.1) is 0 Å². The number of nitrogens with one attached hydrogen (secondary N) is 2. The Kier molecular flexibility index (Phi) is 7.89. The molecule has 3 heteroatoms. The van der Waals surface area contributed by atoms with E-state index in [-0.39, 0.29) is 0 Å². The second kappa shape index (κ2) is 7.98. The van der Waals surface area contributed by atoms with E-state index in [2.05, 4.69) is 24.5 Å². The molecule has 0 amide bonds. The Morgan fingerprint density at radius 3 is 2.55 bits per heavy atom. The first-order valence-corrected chi connectivity index (χ1v) is 4.45. The van der Waals surface area contributed by atoms with Gasteiger partial charge in [0.1, 0.15) is 0 Å². The van der Waals surface area contributed by atoms with Crippen LogP contribution >= 0.6 is 0 Å². The van der Waals surface area contributed by atoms with E-state index < -0.39 is 0 Å². The summed E-state index contributed by atoms with van der Waals surface area (Å²) in [6.45, 7) is 8.08. The summed E-state index contributed by atoms with van der Waals surface area (Å²) in [5.41, 5.74) is 5.31. The molecule has 68 valence electrons. The highest BCUT2D eigenvalue weighted by molar-refractivity contribution is 4.58. The van der Waals surface area contributed by atoms with E-state index in [1.165, 1.54) is 6.42 Å². The van der Waals surface area contributed by atoms with E-state index in [9.17, 15) is 0 Å². The molecular formula is C8H21N3. The van der Waals surface area contributed by atoms with Gasteiger partial charge in [0.15, 0.2) is 0 Å². The fourth-order valence-electron chi connectivity index (χ4n) is 0.778. The van der Waals surface area contributed by atoms with Crippen molar-refractivity contribution >= 4 is 0 Å². The van der Waals surface area contributed by atoms with Crippen molar-refractivity contribution in [3.8, 4) is 0 Å². The molecule has 0 aliphatic rings. The summed E-state index contributed by atoms with van der Waals surface area (Å²) >= 11 is 0. The first-order valence-electron chi connectivity index (χ1n) is 4.45. The molecule has 0 fully saturated rings. The minimum atomic E-state index is 0.634. The fourth-order valence-corrected chi connectivity index (χ4v) is 0.778. The summed E-state index contributed by atoms with van der Waals surface area (Å²) in [6.07, 6.45) is 1.19. The maximum absolute atomic E-state index is 5.31. The number of hydrogen-bond acceptors (Lipinski definition) is 3. The van der Waals surface area contributed by atoms with Crippen LogP contribution in [0.4, 0.5) is 0 Å². The van der Waals surface area contributed by atoms with E-state index in [1.54, 1.807) is 0 Å². The van der Waals surface area contributed by atoms with Crippen molar-refractivity contribution in [3.63, 3.8) is 0 Å². The SMILES string of the molecule is CC[C@@H](C)NCCNCCN. The van der Waals surface area contributed by atoms with Crippen molar-refractivity contribution in [2.75, 3.05) is 26.2 Å². The van der Waals surface area contributed by atoms with E-state index in [4.69, 9.17) is 5.73 Å². The van der Waals surface area contributed by atoms with Crippen LogP contribution in [0.1, 0.15) is 20.3 Å². The second-order valence-corrected chi connectivity index (χ2v) is 2.80. The Bertz CT molecular complexity index is 75.7. The van der Waals surface area contributed by atoms with E-state index in [0.717, 1.165) is 26.2 Å². The van der Waals surface area contributed by atoms with Crippen molar-refractivity contribution in [2.45, 2.75) is 26.3 Å². The average Bonchev–Trinajstić information content (AvgIpc) is 2.04. The van der Waals surface area contributed by atoms with Crippen LogP contribution in [0.3, 0.4) is 0 Å². The predicted molar refractivity (Wildman–Crippen MR) is 49.7 cm³/mol.